The number of aryl methyl sites for hydroxylation is 1. The summed E-state index contributed by atoms with van der Waals surface area (Å²) in [5.74, 6) is 3.19. The van der Waals surface area contributed by atoms with Crippen LogP contribution >= 0.6 is 0 Å². The Balaban J connectivity index is 1.69. The third kappa shape index (κ3) is 3.69. The lowest BCUT2D eigenvalue weighted by Gasteiger charge is -2.29. The van der Waals surface area contributed by atoms with Crippen molar-refractivity contribution in [1.29, 1.82) is 0 Å². The van der Waals surface area contributed by atoms with Crippen molar-refractivity contribution in [2.45, 2.75) is 26.1 Å². The number of hydrogen-bond donors (Lipinski definition) is 0. The van der Waals surface area contributed by atoms with Crippen LogP contribution in [0.5, 0.6) is 0 Å². The summed E-state index contributed by atoms with van der Waals surface area (Å²) >= 11 is 0. The van der Waals surface area contributed by atoms with Gasteiger partial charge in [-0.15, -0.1) is 0 Å². The molecule has 0 radical (unpaired) electrons. The number of rotatable bonds is 5. The van der Waals surface area contributed by atoms with Crippen LogP contribution in [0.1, 0.15) is 24.5 Å². The van der Waals surface area contributed by atoms with E-state index in [2.05, 4.69) is 54.7 Å². The fraction of sp³-hybridized carbons (Fsp3) is 0.450. The van der Waals surface area contributed by atoms with Gasteiger partial charge < -0.3 is 14.2 Å². The second-order valence-electron chi connectivity index (χ2n) is 7.24. The van der Waals surface area contributed by atoms with Gasteiger partial charge >= 0.3 is 0 Å². The van der Waals surface area contributed by atoms with Gasteiger partial charge in [-0.2, -0.15) is 0 Å². The molecule has 1 atom stereocenters. The van der Waals surface area contributed by atoms with Crippen LogP contribution in [-0.2, 0) is 18.2 Å². The molecular formula is C20H26BN5O. The van der Waals surface area contributed by atoms with Gasteiger partial charge in [-0.3, -0.25) is 0 Å². The standard InChI is InChI=1S/C20H26BN5O/c1-14(12-18-23-17(21-2)13-25(18)3)19-22-16-7-5-4-6-15(16)20(24-19)26-8-10-27-11-9-26/h4-7,13-14,21H,8-12H2,1-3H3. The minimum absolute atomic E-state index is 0.195. The number of hydrogen-bond acceptors (Lipinski definition) is 5. The van der Waals surface area contributed by atoms with Crippen molar-refractivity contribution in [2.75, 3.05) is 31.2 Å². The SMILES string of the molecule is CBc1cn(C)c(CC(C)c2nc(N3CCOCC3)c3ccccc3n2)n1. The van der Waals surface area contributed by atoms with Crippen LogP contribution < -0.4 is 10.5 Å². The van der Waals surface area contributed by atoms with E-state index in [1.807, 2.05) is 6.07 Å². The van der Waals surface area contributed by atoms with Crippen molar-refractivity contribution >= 4 is 29.6 Å². The zero-order valence-electron chi connectivity index (χ0n) is 16.4. The molecule has 1 aliphatic heterocycles. The highest BCUT2D eigenvalue weighted by Crippen LogP contribution is 2.27. The predicted molar refractivity (Wildman–Crippen MR) is 111 cm³/mol. The first-order valence-electron chi connectivity index (χ1n) is 9.76. The number of fused-ring (bicyclic) bond motifs is 1. The summed E-state index contributed by atoms with van der Waals surface area (Å²) in [5, 5.41) is 1.11. The van der Waals surface area contributed by atoms with Gasteiger partial charge in [0.15, 0.2) is 7.28 Å². The van der Waals surface area contributed by atoms with E-state index >= 15 is 0 Å². The Labute approximate surface area is 160 Å². The van der Waals surface area contributed by atoms with E-state index in [0.29, 0.717) is 0 Å². The lowest BCUT2D eigenvalue weighted by molar-refractivity contribution is 0.122. The summed E-state index contributed by atoms with van der Waals surface area (Å²) in [7, 11) is 3.02. The third-order valence-electron chi connectivity index (χ3n) is 5.23. The van der Waals surface area contributed by atoms with Gasteiger partial charge in [0.2, 0.25) is 0 Å². The molecule has 1 aliphatic rings. The molecule has 0 N–H and O–H groups in total. The summed E-state index contributed by atoms with van der Waals surface area (Å²) in [6.45, 7) is 7.55. The summed E-state index contributed by atoms with van der Waals surface area (Å²) in [5.41, 5.74) is 2.14. The largest absolute Gasteiger partial charge is 0.378 e. The molecule has 0 bridgehead atoms. The van der Waals surface area contributed by atoms with Gasteiger partial charge in [-0.1, -0.05) is 25.9 Å². The molecule has 27 heavy (non-hydrogen) atoms. The second kappa shape index (κ2) is 7.68. The number of imidazole rings is 1. The second-order valence-corrected chi connectivity index (χ2v) is 7.24. The van der Waals surface area contributed by atoms with Crippen LogP contribution in [0.25, 0.3) is 10.9 Å². The Bertz CT molecular complexity index is 935. The highest BCUT2D eigenvalue weighted by Gasteiger charge is 2.20. The van der Waals surface area contributed by atoms with Crippen LogP contribution in [0, 0.1) is 0 Å². The predicted octanol–water partition coefficient (Wildman–Crippen LogP) is 1.66. The smallest absolute Gasteiger partial charge is 0.181 e. The fourth-order valence-corrected chi connectivity index (χ4v) is 3.61. The van der Waals surface area contributed by atoms with E-state index in [9.17, 15) is 0 Å². The maximum Gasteiger partial charge on any atom is 0.181 e. The molecule has 140 valence electrons. The first-order chi connectivity index (χ1) is 13.2. The van der Waals surface area contributed by atoms with Crippen molar-refractivity contribution in [1.82, 2.24) is 19.5 Å². The summed E-state index contributed by atoms with van der Waals surface area (Å²) in [6.07, 6.45) is 2.94. The van der Waals surface area contributed by atoms with E-state index in [-0.39, 0.29) is 5.92 Å². The minimum atomic E-state index is 0.195. The molecule has 0 amide bonds. The van der Waals surface area contributed by atoms with Crippen LogP contribution in [0.15, 0.2) is 30.5 Å². The van der Waals surface area contributed by atoms with Crippen molar-refractivity contribution in [2.24, 2.45) is 7.05 Å². The number of benzene rings is 1. The monoisotopic (exact) mass is 363 g/mol. The Morgan fingerprint density at radius 3 is 2.67 bits per heavy atom. The molecular weight excluding hydrogens is 337 g/mol. The number of para-hydroxylation sites is 1. The van der Waals surface area contributed by atoms with Gasteiger partial charge in [0.1, 0.15) is 17.5 Å². The highest BCUT2D eigenvalue weighted by molar-refractivity contribution is 6.50. The van der Waals surface area contributed by atoms with Gasteiger partial charge in [-0.25, -0.2) is 15.0 Å². The average Bonchev–Trinajstić information content (AvgIpc) is 3.07. The molecule has 3 aromatic rings. The number of nitrogens with zero attached hydrogens (tertiary/aromatic N) is 5. The van der Waals surface area contributed by atoms with E-state index in [0.717, 1.165) is 74.0 Å². The summed E-state index contributed by atoms with van der Waals surface area (Å²) in [6, 6.07) is 8.28. The molecule has 3 heterocycles. The molecule has 0 aliphatic carbocycles. The topological polar surface area (TPSA) is 56.1 Å². The van der Waals surface area contributed by atoms with Crippen molar-refractivity contribution < 1.29 is 4.74 Å². The summed E-state index contributed by atoms with van der Waals surface area (Å²) < 4.78 is 7.64. The van der Waals surface area contributed by atoms with Crippen molar-refractivity contribution in [3.8, 4) is 0 Å². The molecule has 0 saturated carbocycles. The molecule has 7 heteroatoms. The fourth-order valence-electron chi connectivity index (χ4n) is 3.61. The lowest BCUT2D eigenvalue weighted by Crippen LogP contribution is -2.37. The lowest BCUT2D eigenvalue weighted by atomic mass is 9.79. The first-order valence-corrected chi connectivity index (χ1v) is 9.76. The Kier molecular flexibility index (Phi) is 5.12. The normalized spacial score (nSPS) is 15.9. The molecule has 1 aromatic carbocycles. The van der Waals surface area contributed by atoms with Gasteiger partial charge in [0, 0.05) is 49.7 Å². The van der Waals surface area contributed by atoms with Crippen LogP contribution in [0.3, 0.4) is 0 Å². The molecule has 6 nitrogen and oxygen atoms in total. The Morgan fingerprint density at radius 1 is 1.15 bits per heavy atom. The molecule has 2 aromatic heterocycles. The van der Waals surface area contributed by atoms with Gasteiger partial charge in [-0.05, 0) is 12.1 Å². The van der Waals surface area contributed by atoms with E-state index in [1.165, 1.54) is 0 Å². The molecule has 0 spiro atoms. The average molecular weight is 363 g/mol. The minimum Gasteiger partial charge on any atom is -0.378 e. The third-order valence-corrected chi connectivity index (χ3v) is 5.23. The van der Waals surface area contributed by atoms with E-state index < -0.39 is 0 Å². The number of morpholine rings is 1. The quantitative estimate of drug-likeness (QED) is 0.646. The Morgan fingerprint density at radius 2 is 1.93 bits per heavy atom. The van der Waals surface area contributed by atoms with Crippen LogP contribution in [0.2, 0.25) is 6.82 Å². The molecule has 4 rings (SSSR count). The van der Waals surface area contributed by atoms with Crippen molar-refractivity contribution in [3.63, 3.8) is 0 Å². The summed E-state index contributed by atoms with van der Waals surface area (Å²) in [4.78, 5) is 16.9. The zero-order valence-corrected chi connectivity index (χ0v) is 16.4. The Hall–Kier alpha value is -2.41. The number of anilines is 1. The highest BCUT2D eigenvalue weighted by atomic mass is 16.5. The molecule has 1 saturated heterocycles. The molecule has 1 fully saturated rings. The maximum absolute atomic E-state index is 5.52. The van der Waals surface area contributed by atoms with E-state index in [1.54, 1.807) is 0 Å². The van der Waals surface area contributed by atoms with Crippen LogP contribution in [-0.4, -0.2) is 53.1 Å². The van der Waals surface area contributed by atoms with E-state index in [4.69, 9.17) is 19.7 Å². The van der Waals surface area contributed by atoms with Crippen molar-refractivity contribution in [3.05, 3.63) is 42.1 Å². The van der Waals surface area contributed by atoms with Gasteiger partial charge in [0.05, 0.1) is 18.7 Å². The number of ether oxygens (including phenoxy) is 1. The number of aromatic nitrogens is 4. The maximum atomic E-state index is 5.52. The first kappa shape index (κ1) is 18.0. The zero-order chi connectivity index (χ0) is 18.8. The van der Waals surface area contributed by atoms with Crippen LogP contribution in [0.4, 0.5) is 5.82 Å². The van der Waals surface area contributed by atoms with Gasteiger partial charge in [0.25, 0.3) is 0 Å². The molecule has 1 unspecified atom stereocenters.